The van der Waals surface area contributed by atoms with Gasteiger partial charge in [0.2, 0.25) is 0 Å². The molecule has 0 radical (unpaired) electrons. The number of nitrogens with one attached hydrogen (secondary N) is 1. The van der Waals surface area contributed by atoms with Crippen LogP contribution in [0.4, 0.5) is 0 Å². The number of rotatable bonds is 6. The zero-order chi connectivity index (χ0) is 20.1. The first-order valence-corrected chi connectivity index (χ1v) is 9.76. The SMILES string of the molecule is NC(=NC(=O)c1ccc(C(=O)NCCO)nc1)C1(c2ccc(Br)cc2)CCC1. The second kappa shape index (κ2) is 8.62. The van der Waals surface area contributed by atoms with E-state index in [0.29, 0.717) is 5.84 Å². The maximum Gasteiger partial charge on any atom is 0.280 e. The molecule has 3 rings (SSSR count). The number of aromatic nitrogens is 1. The molecule has 1 fully saturated rings. The van der Waals surface area contributed by atoms with Gasteiger partial charge in [-0.25, -0.2) is 0 Å². The van der Waals surface area contributed by atoms with Gasteiger partial charge >= 0.3 is 0 Å². The summed E-state index contributed by atoms with van der Waals surface area (Å²) in [6.45, 7) is -0.0173. The summed E-state index contributed by atoms with van der Waals surface area (Å²) in [7, 11) is 0. The van der Waals surface area contributed by atoms with Gasteiger partial charge in [0.05, 0.1) is 17.6 Å². The van der Waals surface area contributed by atoms with E-state index in [2.05, 4.69) is 31.2 Å². The second-order valence-electron chi connectivity index (χ2n) is 6.66. The molecule has 146 valence electrons. The number of aliphatic imine (C=N–C) groups is 1. The van der Waals surface area contributed by atoms with Crippen LogP contribution in [-0.2, 0) is 5.41 Å². The molecule has 1 aromatic heterocycles. The Labute approximate surface area is 171 Å². The summed E-state index contributed by atoms with van der Waals surface area (Å²) < 4.78 is 0.978. The second-order valence-corrected chi connectivity index (χ2v) is 7.57. The maximum atomic E-state index is 12.5. The Morgan fingerprint density at radius 2 is 1.93 bits per heavy atom. The Hall–Kier alpha value is -2.58. The van der Waals surface area contributed by atoms with Crippen molar-refractivity contribution in [3.63, 3.8) is 0 Å². The number of nitrogens with two attached hydrogens (primary N) is 1. The van der Waals surface area contributed by atoms with Crippen molar-refractivity contribution < 1.29 is 14.7 Å². The molecule has 0 unspecified atom stereocenters. The van der Waals surface area contributed by atoms with E-state index in [1.54, 1.807) is 0 Å². The van der Waals surface area contributed by atoms with Crippen LogP contribution in [0.5, 0.6) is 0 Å². The first-order valence-electron chi connectivity index (χ1n) is 8.96. The molecule has 4 N–H and O–H groups in total. The van der Waals surface area contributed by atoms with Crippen LogP contribution in [0.25, 0.3) is 0 Å². The third-order valence-electron chi connectivity index (χ3n) is 4.96. The lowest BCUT2D eigenvalue weighted by atomic mass is 9.63. The number of carbonyl (C=O) groups is 2. The summed E-state index contributed by atoms with van der Waals surface area (Å²) in [5.74, 6) is -0.605. The van der Waals surface area contributed by atoms with Crippen LogP contribution in [-0.4, -0.2) is 40.9 Å². The molecule has 28 heavy (non-hydrogen) atoms. The van der Waals surface area contributed by atoms with Crippen LogP contribution in [0.2, 0.25) is 0 Å². The summed E-state index contributed by atoms with van der Waals surface area (Å²) >= 11 is 3.43. The lowest BCUT2D eigenvalue weighted by Gasteiger charge is -2.41. The highest BCUT2D eigenvalue weighted by Crippen LogP contribution is 2.44. The van der Waals surface area contributed by atoms with Gasteiger partial charge in [0.25, 0.3) is 11.8 Å². The van der Waals surface area contributed by atoms with Gasteiger partial charge in [0.15, 0.2) is 0 Å². The first kappa shape index (κ1) is 20.2. The Bertz CT molecular complexity index is 891. The normalized spacial score (nSPS) is 15.6. The predicted molar refractivity (Wildman–Crippen MR) is 109 cm³/mol. The third kappa shape index (κ3) is 4.13. The fraction of sp³-hybridized carbons (Fsp3) is 0.300. The molecule has 2 aromatic rings. The van der Waals surface area contributed by atoms with Crippen LogP contribution in [0, 0.1) is 0 Å². The minimum absolute atomic E-state index is 0.139. The molecule has 1 aliphatic carbocycles. The number of carbonyl (C=O) groups excluding carboxylic acids is 2. The van der Waals surface area contributed by atoms with Crippen molar-refractivity contribution in [2.45, 2.75) is 24.7 Å². The topological polar surface area (TPSA) is 118 Å². The first-order chi connectivity index (χ1) is 13.5. The summed E-state index contributed by atoms with van der Waals surface area (Å²) in [4.78, 5) is 32.5. The van der Waals surface area contributed by atoms with Crippen molar-refractivity contribution in [2.75, 3.05) is 13.2 Å². The number of aliphatic hydroxyl groups is 1. The van der Waals surface area contributed by atoms with Crippen molar-refractivity contribution in [1.29, 1.82) is 0 Å². The lowest BCUT2D eigenvalue weighted by Crippen LogP contribution is -2.47. The van der Waals surface area contributed by atoms with Gasteiger partial charge in [-0.2, -0.15) is 4.99 Å². The van der Waals surface area contributed by atoms with Crippen molar-refractivity contribution in [2.24, 2.45) is 10.7 Å². The van der Waals surface area contributed by atoms with Crippen LogP contribution in [0.3, 0.4) is 0 Å². The highest BCUT2D eigenvalue weighted by atomic mass is 79.9. The lowest BCUT2D eigenvalue weighted by molar-refractivity contribution is 0.0937. The highest BCUT2D eigenvalue weighted by Gasteiger charge is 2.42. The van der Waals surface area contributed by atoms with E-state index in [1.165, 1.54) is 18.3 Å². The third-order valence-corrected chi connectivity index (χ3v) is 5.49. The molecular weight excluding hydrogens is 424 g/mol. The number of nitrogens with zero attached hydrogens (tertiary/aromatic N) is 2. The van der Waals surface area contributed by atoms with Crippen molar-refractivity contribution in [1.82, 2.24) is 10.3 Å². The van der Waals surface area contributed by atoms with Crippen LogP contribution in [0.15, 0.2) is 52.1 Å². The molecule has 0 aliphatic heterocycles. The molecule has 1 aliphatic rings. The number of benzene rings is 1. The predicted octanol–water partition coefficient (Wildman–Crippen LogP) is 2.19. The number of amides is 2. The van der Waals surface area contributed by atoms with Gasteiger partial charge in [0.1, 0.15) is 11.5 Å². The van der Waals surface area contributed by atoms with Crippen LogP contribution >= 0.6 is 15.9 Å². The molecule has 7 nitrogen and oxygen atoms in total. The van der Waals surface area contributed by atoms with Crippen LogP contribution in [0.1, 0.15) is 45.7 Å². The molecule has 1 heterocycles. The summed E-state index contributed by atoms with van der Waals surface area (Å²) in [6, 6.07) is 10.8. The zero-order valence-electron chi connectivity index (χ0n) is 15.2. The summed E-state index contributed by atoms with van der Waals surface area (Å²) in [5.41, 5.74) is 7.32. The molecule has 1 aromatic carbocycles. The Balaban J connectivity index is 1.77. The molecule has 1 saturated carbocycles. The van der Waals surface area contributed by atoms with Gasteiger partial charge in [0, 0.05) is 17.2 Å². The number of hydrogen-bond acceptors (Lipinski definition) is 4. The Kier molecular flexibility index (Phi) is 6.21. The number of pyridine rings is 1. The van der Waals surface area contributed by atoms with Crippen molar-refractivity contribution >= 4 is 33.6 Å². The van der Waals surface area contributed by atoms with Crippen molar-refractivity contribution in [3.05, 3.63) is 63.9 Å². The Morgan fingerprint density at radius 3 is 2.46 bits per heavy atom. The minimum atomic E-state index is -0.490. The van der Waals surface area contributed by atoms with E-state index in [0.717, 1.165) is 29.3 Å². The molecule has 0 bridgehead atoms. The van der Waals surface area contributed by atoms with E-state index >= 15 is 0 Å². The summed E-state index contributed by atoms with van der Waals surface area (Å²) in [6.07, 6.45) is 4.03. The van der Waals surface area contributed by atoms with E-state index in [-0.39, 0.29) is 24.4 Å². The summed E-state index contributed by atoms with van der Waals surface area (Å²) in [5, 5.41) is 11.2. The van der Waals surface area contributed by atoms with Gasteiger partial charge in [-0.15, -0.1) is 0 Å². The smallest absolute Gasteiger partial charge is 0.280 e. The molecule has 2 amide bonds. The molecular formula is C20H21BrN4O3. The van der Waals surface area contributed by atoms with Crippen molar-refractivity contribution in [3.8, 4) is 0 Å². The molecule has 0 saturated heterocycles. The van der Waals surface area contributed by atoms with E-state index in [1.807, 2.05) is 24.3 Å². The van der Waals surface area contributed by atoms with Gasteiger partial charge < -0.3 is 16.2 Å². The van der Waals surface area contributed by atoms with Crippen LogP contribution < -0.4 is 11.1 Å². The zero-order valence-corrected chi connectivity index (χ0v) is 16.8. The fourth-order valence-electron chi connectivity index (χ4n) is 3.19. The largest absolute Gasteiger partial charge is 0.395 e. The fourth-order valence-corrected chi connectivity index (χ4v) is 3.45. The number of hydrogen-bond donors (Lipinski definition) is 3. The van der Waals surface area contributed by atoms with E-state index < -0.39 is 17.2 Å². The number of halogens is 1. The van der Waals surface area contributed by atoms with E-state index in [9.17, 15) is 9.59 Å². The Morgan fingerprint density at radius 1 is 1.21 bits per heavy atom. The molecule has 0 spiro atoms. The highest BCUT2D eigenvalue weighted by molar-refractivity contribution is 9.10. The van der Waals surface area contributed by atoms with Gasteiger partial charge in [-0.05, 0) is 42.7 Å². The maximum absolute atomic E-state index is 12.5. The number of amidine groups is 1. The standard InChI is InChI=1S/C20H21BrN4O3/c21-15-5-3-14(4-6-15)20(8-1-9-20)19(22)25-17(27)13-2-7-16(24-12-13)18(28)23-10-11-26/h2-7,12,26H,1,8-11H2,(H,23,28)(H2,22,25,27). The van der Waals surface area contributed by atoms with Gasteiger partial charge in [-0.1, -0.05) is 34.5 Å². The van der Waals surface area contributed by atoms with E-state index in [4.69, 9.17) is 10.8 Å². The molecule has 0 atom stereocenters. The molecule has 8 heteroatoms. The quantitative estimate of drug-likeness (QED) is 0.466. The van der Waals surface area contributed by atoms with Gasteiger partial charge in [-0.3, -0.25) is 14.6 Å². The minimum Gasteiger partial charge on any atom is -0.395 e. The average molecular weight is 445 g/mol. The monoisotopic (exact) mass is 444 g/mol. The number of aliphatic hydroxyl groups excluding tert-OH is 1. The average Bonchev–Trinajstić information content (AvgIpc) is 2.66.